The Morgan fingerprint density at radius 2 is 2.12 bits per heavy atom. The molecule has 0 spiro atoms. The van der Waals surface area contributed by atoms with Crippen LogP contribution < -0.4 is 10.8 Å². The smallest absolute Gasteiger partial charge is 0.341 e. The van der Waals surface area contributed by atoms with Crippen molar-refractivity contribution in [2.24, 2.45) is 11.7 Å². The van der Waals surface area contributed by atoms with Gasteiger partial charge < -0.3 is 10.6 Å². The van der Waals surface area contributed by atoms with Crippen molar-refractivity contribution in [3.05, 3.63) is 35.9 Å². The van der Waals surface area contributed by atoms with Crippen LogP contribution in [0, 0.1) is 12.8 Å². The highest BCUT2D eigenvalue weighted by Crippen LogP contribution is 2.38. The van der Waals surface area contributed by atoms with Crippen molar-refractivity contribution in [2.45, 2.75) is 45.0 Å². The number of amides is 1. The van der Waals surface area contributed by atoms with Gasteiger partial charge in [-0.25, -0.2) is 13.6 Å². The van der Waals surface area contributed by atoms with Crippen LogP contribution in [0.4, 0.5) is 19.4 Å². The van der Waals surface area contributed by atoms with Gasteiger partial charge in [-0.3, -0.25) is 0 Å². The standard InChI is InChI=1S/C16H20F2N4O2/c1-11-13(10-12-4-6-16(17,18)7-5-12)20-22(15(19)23)14(11)21-8-2-3-9-24-21/h2-3,8-9,12H,4-7,10H2,1H3,(H2,19,23). The minimum absolute atomic E-state index is 0.0944. The van der Waals surface area contributed by atoms with Gasteiger partial charge in [-0.15, -0.1) is 0 Å². The average Bonchev–Trinajstić information content (AvgIpc) is 2.87. The predicted octanol–water partition coefficient (Wildman–Crippen LogP) is 3.27. The molecule has 24 heavy (non-hydrogen) atoms. The first-order valence-electron chi connectivity index (χ1n) is 7.93. The van der Waals surface area contributed by atoms with Gasteiger partial charge in [0.15, 0.2) is 5.82 Å². The molecule has 0 radical (unpaired) electrons. The van der Waals surface area contributed by atoms with Crippen LogP contribution in [-0.4, -0.2) is 21.7 Å². The third kappa shape index (κ3) is 3.27. The van der Waals surface area contributed by atoms with E-state index in [-0.39, 0.29) is 18.8 Å². The summed E-state index contributed by atoms with van der Waals surface area (Å²) in [6.07, 6.45) is 7.84. The van der Waals surface area contributed by atoms with Crippen LogP contribution in [0.5, 0.6) is 0 Å². The summed E-state index contributed by atoms with van der Waals surface area (Å²) < 4.78 is 27.7. The molecule has 0 saturated heterocycles. The van der Waals surface area contributed by atoms with Gasteiger partial charge in [-0.2, -0.15) is 14.8 Å². The molecule has 1 saturated carbocycles. The molecule has 0 atom stereocenters. The molecule has 1 fully saturated rings. The fourth-order valence-corrected chi connectivity index (χ4v) is 3.14. The van der Waals surface area contributed by atoms with Crippen LogP contribution in [0.2, 0.25) is 0 Å². The first-order valence-corrected chi connectivity index (χ1v) is 7.93. The number of carbonyl (C=O) groups excluding carboxylic acids is 1. The van der Waals surface area contributed by atoms with Crippen LogP contribution in [0.1, 0.15) is 36.9 Å². The lowest BCUT2D eigenvalue weighted by atomic mass is 9.83. The molecule has 2 N–H and O–H groups in total. The predicted molar refractivity (Wildman–Crippen MR) is 84.4 cm³/mol. The Bertz CT molecular complexity index is 686. The number of aromatic nitrogens is 2. The third-order valence-electron chi connectivity index (χ3n) is 4.51. The van der Waals surface area contributed by atoms with E-state index in [1.807, 2.05) is 6.92 Å². The van der Waals surface area contributed by atoms with Crippen molar-refractivity contribution in [1.29, 1.82) is 0 Å². The number of allylic oxidation sites excluding steroid dienone is 2. The number of halogens is 2. The molecule has 1 aromatic rings. The first-order chi connectivity index (χ1) is 11.4. The van der Waals surface area contributed by atoms with E-state index >= 15 is 0 Å². The van der Waals surface area contributed by atoms with E-state index < -0.39 is 12.0 Å². The Hall–Kier alpha value is -2.38. The molecule has 1 aromatic heterocycles. The number of hydroxylamine groups is 1. The number of hydrogen-bond acceptors (Lipinski definition) is 4. The van der Waals surface area contributed by atoms with Crippen molar-refractivity contribution < 1.29 is 18.4 Å². The van der Waals surface area contributed by atoms with Gasteiger partial charge in [0.05, 0.1) is 5.69 Å². The quantitative estimate of drug-likeness (QED) is 0.918. The molecule has 2 heterocycles. The lowest BCUT2D eigenvalue weighted by Gasteiger charge is -2.27. The molecule has 2 aliphatic rings. The summed E-state index contributed by atoms with van der Waals surface area (Å²) in [6.45, 7) is 1.82. The van der Waals surface area contributed by atoms with Gasteiger partial charge in [0.2, 0.25) is 5.92 Å². The summed E-state index contributed by atoms with van der Waals surface area (Å²) >= 11 is 0. The van der Waals surface area contributed by atoms with Gasteiger partial charge in [-0.1, -0.05) is 0 Å². The van der Waals surface area contributed by atoms with Crippen LogP contribution in [0.3, 0.4) is 0 Å². The van der Waals surface area contributed by atoms with Crippen LogP contribution in [0.15, 0.2) is 24.6 Å². The van der Waals surface area contributed by atoms with Crippen molar-refractivity contribution in [2.75, 3.05) is 5.06 Å². The summed E-state index contributed by atoms with van der Waals surface area (Å²) in [7, 11) is 0. The number of primary amides is 1. The molecule has 6 nitrogen and oxygen atoms in total. The normalized spacial score (nSPS) is 20.2. The van der Waals surface area contributed by atoms with E-state index in [4.69, 9.17) is 10.6 Å². The van der Waals surface area contributed by atoms with E-state index in [9.17, 15) is 13.6 Å². The zero-order chi connectivity index (χ0) is 17.3. The number of hydrogen-bond donors (Lipinski definition) is 1. The minimum atomic E-state index is -2.55. The Morgan fingerprint density at radius 3 is 2.71 bits per heavy atom. The van der Waals surface area contributed by atoms with Gasteiger partial charge in [-0.05, 0) is 44.3 Å². The number of anilines is 1. The second-order valence-corrected chi connectivity index (χ2v) is 6.25. The van der Waals surface area contributed by atoms with E-state index in [2.05, 4.69) is 5.10 Å². The molecule has 0 bridgehead atoms. The highest BCUT2D eigenvalue weighted by atomic mass is 19.3. The van der Waals surface area contributed by atoms with Gasteiger partial charge in [0, 0.05) is 24.6 Å². The summed E-state index contributed by atoms with van der Waals surface area (Å²) in [6, 6.07) is -0.721. The van der Waals surface area contributed by atoms with Crippen LogP contribution in [-0.2, 0) is 11.3 Å². The zero-order valence-corrected chi connectivity index (χ0v) is 13.4. The molecule has 3 rings (SSSR count). The number of nitrogens with two attached hydrogens (primary N) is 1. The van der Waals surface area contributed by atoms with Gasteiger partial charge >= 0.3 is 6.03 Å². The first kappa shape index (κ1) is 16.5. The maximum Gasteiger partial charge on any atom is 0.341 e. The van der Waals surface area contributed by atoms with Crippen molar-refractivity contribution in [3.8, 4) is 0 Å². The highest BCUT2D eigenvalue weighted by Gasteiger charge is 2.35. The summed E-state index contributed by atoms with van der Waals surface area (Å²) in [5.41, 5.74) is 6.85. The lowest BCUT2D eigenvalue weighted by molar-refractivity contribution is -0.0457. The Kier molecular flexibility index (Phi) is 4.29. The SMILES string of the molecule is Cc1c(CC2CCC(F)(F)CC2)nn(C(N)=O)c1N1C=CC=CO1. The Balaban J connectivity index is 1.83. The molecule has 0 aromatic carbocycles. The maximum atomic E-state index is 13.3. The summed E-state index contributed by atoms with van der Waals surface area (Å²) in [4.78, 5) is 17.1. The zero-order valence-electron chi connectivity index (χ0n) is 13.4. The molecule has 8 heteroatoms. The van der Waals surface area contributed by atoms with Gasteiger partial charge in [0.25, 0.3) is 0 Å². The molecular weight excluding hydrogens is 318 g/mol. The molecule has 1 aliphatic heterocycles. The lowest BCUT2D eigenvalue weighted by Crippen LogP contribution is -2.27. The second kappa shape index (κ2) is 6.26. The Labute approximate surface area is 138 Å². The van der Waals surface area contributed by atoms with E-state index in [1.54, 1.807) is 18.4 Å². The molecular formula is C16H20F2N4O2. The van der Waals surface area contributed by atoms with Gasteiger partial charge in [0.1, 0.15) is 6.26 Å². The van der Waals surface area contributed by atoms with Crippen molar-refractivity contribution in [3.63, 3.8) is 0 Å². The molecule has 0 unspecified atom stereocenters. The highest BCUT2D eigenvalue weighted by molar-refractivity contribution is 5.79. The summed E-state index contributed by atoms with van der Waals surface area (Å²) in [5.74, 6) is -1.99. The topological polar surface area (TPSA) is 73.4 Å². The number of rotatable bonds is 3. The third-order valence-corrected chi connectivity index (χ3v) is 4.51. The fraction of sp³-hybridized carbons (Fsp3) is 0.500. The summed E-state index contributed by atoms with van der Waals surface area (Å²) in [5, 5.41) is 5.70. The second-order valence-electron chi connectivity index (χ2n) is 6.25. The van der Waals surface area contributed by atoms with E-state index in [1.165, 1.54) is 11.3 Å². The fourth-order valence-electron chi connectivity index (χ4n) is 3.14. The maximum absolute atomic E-state index is 13.3. The number of nitrogens with zero attached hydrogens (tertiary/aromatic N) is 3. The monoisotopic (exact) mass is 338 g/mol. The van der Waals surface area contributed by atoms with Crippen LogP contribution >= 0.6 is 0 Å². The largest absolute Gasteiger partial charge is 0.382 e. The molecule has 1 aliphatic carbocycles. The van der Waals surface area contributed by atoms with Crippen molar-refractivity contribution in [1.82, 2.24) is 9.78 Å². The van der Waals surface area contributed by atoms with E-state index in [0.717, 1.165) is 10.2 Å². The van der Waals surface area contributed by atoms with Crippen LogP contribution in [0.25, 0.3) is 0 Å². The number of carbonyl (C=O) groups is 1. The molecule has 130 valence electrons. The Morgan fingerprint density at radius 1 is 1.42 bits per heavy atom. The minimum Gasteiger partial charge on any atom is -0.382 e. The van der Waals surface area contributed by atoms with Crippen molar-refractivity contribution >= 4 is 11.8 Å². The number of alkyl halides is 2. The van der Waals surface area contributed by atoms with E-state index in [0.29, 0.717) is 30.8 Å². The average molecular weight is 338 g/mol. The molecule has 1 amide bonds.